The normalized spacial score (nSPS) is 10.2. The third-order valence-corrected chi connectivity index (χ3v) is 1.97. The predicted molar refractivity (Wildman–Crippen MR) is 53.2 cm³/mol. The SMILES string of the molecule is CS(C)=Nc1cccc(Br)n1. The number of halogens is 1. The van der Waals surface area contributed by atoms with E-state index in [9.17, 15) is 0 Å². The third-order valence-electron chi connectivity index (χ3n) is 0.977. The van der Waals surface area contributed by atoms with Gasteiger partial charge < -0.3 is 0 Å². The van der Waals surface area contributed by atoms with Gasteiger partial charge in [-0.25, -0.2) is 9.35 Å². The van der Waals surface area contributed by atoms with Crippen molar-refractivity contribution in [3.05, 3.63) is 22.8 Å². The molecule has 0 aliphatic rings. The second kappa shape index (κ2) is 3.97. The number of nitrogens with zero attached hydrogens (tertiary/aromatic N) is 2. The Morgan fingerprint density at radius 2 is 2.18 bits per heavy atom. The fourth-order valence-corrected chi connectivity index (χ4v) is 1.45. The average molecular weight is 233 g/mol. The fraction of sp³-hybridized carbons (Fsp3) is 0.286. The molecule has 0 atom stereocenters. The molecule has 0 aliphatic carbocycles. The minimum absolute atomic E-state index is 0.0669. The molecule has 0 aromatic carbocycles. The summed E-state index contributed by atoms with van der Waals surface area (Å²) in [7, 11) is 0.0669. The fourth-order valence-electron chi connectivity index (χ4n) is 0.635. The van der Waals surface area contributed by atoms with Crippen LogP contribution in [0.1, 0.15) is 0 Å². The quantitative estimate of drug-likeness (QED) is 0.684. The molecule has 2 nitrogen and oxygen atoms in total. The maximum atomic E-state index is 4.31. The van der Waals surface area contributed by atoms with E-state index in [1.807, 2.05) is 18.2 Å². The summed E-state index contributed by atoms with van der Waals surface area (Å²) in [6, 6.07) is 5.73. The lowest BCUT2D eigenvalue weighted by Crippen LogP contribution is -1.79. The van der Waals surface area contributed by atoms with E-state index in [1.54, 1.807) is 0 Å². The Bertz CT molecular complexity index is 282. The highest BCUT2D eigenvalue weighted by molar-refractivity contribution is 9.10. The van der Waals surface area contributed by atoms with Gasteiger partial charge in [-0.05, 0) is 40.6 Å². The van der Waals surface area contributed by atoms with Crippen LogP contribution in [0.5, 0.6) is 0 Å². The van der Waals surface area contributed by atoms with Crippen molar-refractivity contribution in [2.75, 3.05) is 12.5 Å². The number of aromatic nitrogens is 1. The Kier molecular flexibility index (Phi) is 3.20. The molecule has 1 aromatic rings. The van der Waals surface area contributed by atoms with Crippen LogP contribution >= 0.6 is 15.9 Å². The Labute approximate surface area is 77.3 Å². The van der Waals surface area contributed by atoms with E-state index in [2.05, 4.69) is 37.8 Å². The summed E-state index contributed by atoms with van der Waals surface area (Å²) in [6.45, 7) is 0. The lowest BCUT2D eigenvalue weighted by atomic mass is 10.5. The molecule has 0 N–H and O–H groups in total. The van der Waals surface area contributed by atoms with Crippen molar-refractivity contribution in [1.29, 1.82) is 0 Å². The zero-order chi connectivity index (χ0) is 8.27. The average Bonchev–Trinajstić information content (AvgIpc) is 1.85. The summed E-state index contributed by atoms with van der Waals surface area (Å²) >= 11 is 3.28. The van der Waals surface area contributed by atoms with Crippen LogP contribution in [-0.4, -0.2) is 17.5 Å². The van der Waals surface area contributed by atoms with Crippen molar-refractivity contribution in [3.63, 3.8) is 0 Å². The molecule has 1 aromatic heterocycles. The number of hydrogen-bond acceptors (Lipinski definition) is 2. The number of pyridine rings is 1. The van der Waals surface area contributed by atoms with E-state index < -0.39 is 0 Å². The van der Waals surface area contributed by atoms with Crippen LogP contribution in [0.4, 0.5) is 5.82 Å². The number of hydrogen-bond donors (Lipinski definition) is 0. The molecule has 1 heterocycles. The molecule has 0 bridgehead atoms. The standard InChI is InChI=1S/C7H9BrN2S/c1-11(2)10-7-5-3-4-6(8)9-7/h3-5H,1-2H3. The first kappa shape index (κ1) is 8.87. The molecule has 0 saturated carbocycles. The van der Waals surface area contributed by atoms with Crippen LogP contribution in [0.15, 0.2) is 27.2 Å². The van der Waals surface area contributed by atoms with Gasteiger partial charge in [-0.2, -0.15) is 0 Å². The van der Waals surface area contributed by atoms with E-state index in [0.29, 0.717) is 0 Å². The van der Waals surface area contributed by atoms with E-state index >= 15 is 0 Å². The molecular formula is C7H9BrN2S. The summed E-state index contributed by atoms with van der Waals surface area (Å²) in [5.74, 6) is 0.799. The predicted octanol–water partition coefficient (Wildman–Crippen LogP) is 2.54. The van der Waals surface area contributed by atoms with Gasteiger partial charge in [0.05, 0.1) is 0 Å². The van der Waals surface area contributed by atoms with Gasteiger partial charge in [0, 0.05) is 0 Å². The van der Waals surface area contributed by atoms with Gasteiger partial charge in [-0.15, -0.1) is 0 Å². The van der Waals surface area contributed by atoms with Crippen LogP contribution in [0, 0.1) is 0 Å². The smallest absolute Gasteiger partial charge is 0.160 e. The Balaban J connectivity index is 2.97. The van der Waals surface area contributed by atoms with E-state index in [1.165, 1.54) is 0 Å². The highest BCUT2D eigenvalue weighted by atomic mass is 79.9. The third kappa shape index (κ3) is 3.12. The van der Waals surface area contributed by atoms with Crippen LogP contribution in [0.2, 0.25) is 0 Å². The van der Waals surface area contributed by atoms with E-state index in [-0.39, 0.29) is 10.7 Å². The zero-order valence-electron chi connectivity index (χ0n) is 6.41. The van der Waals surface area contributed by atoms with Gasteiger partial charge in [0.25, 0.3) is 0 Å². The summed E-state index contributed by atoms with van der Waals surface area (Å²) in [5, 5.41) is 0. The Morgan fingerprint density at radius 1 is 1.45 bits per heavy atom. The van der Waals surface area contributed by atoms with E-state index in [4.69, 9.17) is 0 Å². The van der Waals surface area contributed by atoms with Gasteiger partial charge in [0.15, 0.2) is 5.82 Å². The van der Waals surface area contributed by atoms with Crippen molar-refractivity contribution in [3.8, 4) is 0 Å². The molecule has 0 fully saturated rings. The second-order valence-electron chi connectivity index (χ2n) is 2.18. The summed E-state index contributed by atoms with van der Waals surface area (Å²) in [5.41, 5.74) is 0. The lowest BCUT2D eigenvalue weighted by Gasteiger charge is -1.94. The highest BCUT2D eigenvalue weighted by Gasteiger charge is 1.90. The van der Waals surface area contributed by atoms with Gasteiger partial charge >= 0.3 is 0 Å². The maximum absolute atomic E-state index is 4.31. The van der Waals surface area contributed by atoms with Crippen molar-refractivity contribution in [2.45, 2.75) is 0 Å². The summed E-state index contributed by atoms with van der Waals surface area (Å²) in [4.78, 5) is 4.17. The first-order valence-electron chi connectivity index (χ1n) is 3.10. The lowest BCUT2D eigenvalue weighted by molar-refractivity contribution is 1.25. The Morgan fingerprint density at radius 3 is 2.73 bits per heavy atom. The monoisotopic (exact) mass is 232 g/mol. The first-order valence-corrected chi connectivity index (χ1v) is 5.89. The maximum Gasteiger partial charge on any atom is 0.160 e. The molecule has 0 amide bonds. The van der Waals surface area contributed by atoms with Crippen molar-refractivity contribution in [2.24, 2.45) is 4.36 Å². The minimum Gasteiger partial charge on any atom is -0.221 e. The molecule has 4 heteroatoms. The highest BCUT2D eigenvalue weighted by Crippen LogP contribution is 2.13. The van der Waals surface area contributed by atoms with Gasteiger partial charge in [0.1, 0.15) is 4.60 Å². The molecule has 0 saturated heterocycles. The van der Waals surface area contributed by atoms with Crippen molar-refractivity contribution >= 4 is 32.4 Å². The molecule has 60 valence electrons. The van der Waals surface area contributed by atoms with Crippen molar-refractivity contribution in [1.82, 2.24) is 4.98 Å². The number of rotatable bonds is 1. The van der Waals surface area contributed by atoms with Gasteiger partial charge in [0.2, 0.25) is 0 Å². The van der Waals surface area contributed by atoms with Crippen LogP contribution < -0.4 is 0 Å². The van der Waals surface area contributed by atoms with Gasteiger partial charge in [-0.1, -0.05) is 16.8 Å². The van der Waals surface area contributed by atoms with Crippen molar-refractivity contribution < 1.29 is 0 Å². The largest absolute Gasteiger partial charge is 0.221 e. The van der Waals surface area contributed by atoms with Gasteiger partial charge in [-0.3, -0.25) is 0 Å². The molecular weight excluding hydrogens is 224 g/mol. The molecule has 0 radical (unpaired) electrons. The summed E-state index contributed by atoms with van der Waals surface area (Å²) in [6.07, 6.45) is 4.12. The topological polar surface area (TPSA) is 25.2 Å². The molecule has 11 heavy (non-hydrogen) atoms. The zero-order valence-corrected chi connectivity index (χ0v) is 8.82. The molecule has 0 aliphatic heterocycles. The summed E-state index contributed by atoms with van der Waals surface area (Å²) < 4.78 is 5.14. The van der Waals surface area contributed by atoms with Crippen LogP contribution in [0.25, 0.3) is 0 Å². The second-order valence-corrected chi connectivity index (χ2v) is 4.73. The first-order chi connectivity index (χ1) is 5.18. The van der Waals surface area contributed by atoms with Crippen LogP contribution in [0.3, 0.4) is 0 Å². The minimum atomic E-state index is 0.0669. The molecule has 0 spiro atoms. The van der Waals surface area contributed by atoms with E-state index in [0.717, 1.165) is 10.4 Å². The Hall–Kier alpha value is -0.220. The van der Waals surface area contributed by atoms with Crippen LogP contribution in [-0.2, 0) is 10.7 Å². The molecule has 1 rings (SSSR count). The molecule has 0 unspecified atom stereocenters.